The summed E-state index contributed by atoms with van der Waals surface area (Å²) in [5.41, 5.74) is 0.334. The standard InChI is InChI=1S/C10H16O3/c1-5-6-7-12-9(4)13-10(11)8(2)3/h2,4-7H2,1,3H3. The Morgan fingerprint density at radius 3 is 2.46 bits per heavy atom. The maximum Gasteiger partial charge on any atom is 0.340 e. The van der Waals surface area contributed by atoms with Gasteiger partial charge >= 0.3 is 5.97 Å². The van der Waals surface area contributed by atoms with Gasteiger partial charge in [0.1, 0.15) is 0 Å². The van der Waals surface area contributed by atoms with Crippen molar-refractivity contribution in [1.82, 2.24) is 0 Å². The minimum Gasteiger partial charge on any atom is -0.466 e. The van der Waals surface area contributed by atoms with Gasteiger partial charge in [0.15, 0.2) is 0 Å². The largest absolute Gasteiger partial charge is 0.466 e. The molecule has 0 amide bonds. The van der Waals surface area contributed by atoms with E-state index in [1.54, 1.807) is 6.92 Å². The highest BCUT2D eigenvalue weighted by Crippen LogP contribution is 2.02. The second kappa shape index (κ2) is 6.29. The van der Waals surface area contributed by atoms with Crippen molar-refractivity contribution < 1.29 is 14.3 Å². The highest BCUT2D eigenvalue weighted by Gasteiger charge is 2.05. The molecule has 0 aliphatic heterocycles. The fourth-order valence-electron chi connectivity index (χ4n) is 0.550. The van der Waals surface area contributed by atoms with Crippen LogP contribution in [-0.2, 0) is 14.3 Å². The molecule has 0 aliphatic carbocycles. The lowest BCUT2D eigenvalue weighted by molar-refractivity contribution is -0.140. The first kappa shape index (κ1) is 11.8. The van der Waals surface area contributed by atoms with E-state index in [0.29, 0.717) is 12.2 Å². The Labute approximate surface area is 79.0 Å². The van der Waals surface area contributed by atoms with E-state index in [-0.39, 0.29) is 5.95 Å². The third-order valence-corrected chi connectivity index (χ3v) is 1.32. The van der Waals surface area contributed by atoms with Crippen molar-refractivity contribution in [2.45, 2.75) is 26.7 Å². The van der Waals surface area contributed by atoms with Gasteiger partial charge in [-0.05, 0) is 19.9 Å². The lowest BCUT2D eigenvalue weighted by Crippen LogP contribution is -2.07. The molecule has 0 N–H and O–H groups in total. The highest BCUT2D eigenvalue weighted by atomic mass is 16.7. The van der Waals surface area contributed by atoms with Gasteiger partial charge in [0.25, 0.3) is 5.95 Å². The van der Waals surface area contributed by atoms with Crippen LogP contribution in [0.5, 0.6) is 0 Å². The molecule has 0 aliphatic rings. The third kappa shape index (κ3) is 5.96. The molecule has 0 aromatic heterocycles. The number of unbranched alkanes of at least 4 members (excludes halogenated alkanes) is 1. The predicted molar refractivity (Wildman–Crippen MR) is 50.9 cm³/mol. The Balaban J connectivity index is 3.62. The second-order valence-electron chi connectivity index (χ2n) is 2.74. The molecule has 0 saturated heterocycles. The summed E-state index contributed by atoms with van der Waals surface area (Å²) in [4.78, 5) is 10.9. The van der Waals surface area contributed by atoms with E-state index in [0.717, 1.165) is 12.8 Å². The minimum atomic E-state index is -0.499. The lowest BCUT2D eigenvalue weighted by Gasteiger charge is -2.07. The SMILES string of the molecule is C=C(OCCCC)OC(=O)C(=C)C. The van der Waals surface area contributed by atoms with E-state index in [1.807, 2.05) is 6.92 Å². The predicted octanol–water partition coefficient (Wildman–Crippen LogP) is 2.39. The fourth-order valence-corrected chi connectivity index (χ4v) is 0.550. The summed E-state index contributed by atoms with van der Waals surface area (Å²) in [7, 11) is 0. The van der Waals surface area contributed by atoms with Crippen LogP contribution >= 0.6 is 0 Å². The van der Waals surface area contributed by atoms with Crippen molar-refractivity contribution in [3.05, 3.63) is 24.7 Å². The number of carbonyl (C=O) groups is 1. The van der Waals surface area contributed by atoms with Crippen molar-refractivity contribution in [1.29, 1.82) is 0 Å². The number of hydrogen-bond acceptors (Lipinski definition) is 3. The van der Waals surface area contributed by atoms with Crippen LogP contribution in [0.25, 0.3) is 0 Å². The Bertz CT molecular complexity index is 206. The van der Waals surface area contributed by atoms with Gasteiger partial charge in [-0.25, -0.2) is 4.79 Å². The van der Waals surface area contributed by atoms with Gasteiger partial charge in [0.2, 0.25) is 0 Å². The van der Waals surface area contributed by atoms with E-state index < -0.39 is 5.97 Å². The summed E-state index contributed by atoms with van der Waals surface area (Å²) in [6, 6.07) is 0. The van der Waals surface area contributed by atoms with Crippen LogP contribution in [0.2, 0.25) is 0 Å². The molecule has 0 bridgehead atoms. The van der Waals surface area contributed by atoms with E-state index >= 15 is 0 Å². The third-order valence-electron chi connectivity index (χ3n) is 1.32. The fraction of sp³-hybridized carbons (Fsp3) is 0.500. The average Bonchev–Trinajstić information content (AvgIpc) is 2.04. The zero-order chi connectivity index (χ0) is 10.3. The average molecular weight is 184 g/mol. The molecule has 0 aromatic carbocycles. The van der Waals surface area contributed by atoms with Gasteiger partial charge in [-0.1, -0.05) is 19.9 Å². The molecular weight excluding hydrogens is 168 g/mol. The Morgan fingerprint density at radius 1 is 1.38 bits per heavy atom. The molecular formula is C10H16O3. The van der Waals surface area contributed by atoms with Crippen molar-refractivity contribution in [3.8, 4) is 0 Å². The minimum absolute atomic E-state index is 0.0430. The van der Waals surface area contributed by atoms with Crippen LogP contribution in [-0.4, -0.2) is 12.6 Å². The Kier molecular flexibility index (Phi) is 5.68. The number of ether oxygens (including phenoxy) is 2. The highest BCUT2D eigenvalue weighted by molar-refractivity contribution is 5.87. The van der Waals surface area contributed by atoms with E-state index in [2.05, 4.69) is 13.2 Å². The van der Waals surface area contributed by atoms with Crippen LogP contribution in [0.4, 0.5) is 0 Å². The molecule has 0 radical (unpaired) electrons. The summed E-state index contributed by atoms with van der Waals surface area (Å²) in [6.45, 7) is 11.0. The molecule has 0 atom stereocenters. The molecule has 13 heavy (non-hydrogen) atoms. The van der Waals surface area contributed by atoms with Crippen molar-refractivity contribution in [3.63, 3.8) is 0 Å². The topological polar surface area (TPSA) is 35.5 Å². The molecule has 0 fully saturated rings. The molecule has 74 valence electrons. The van der Waals surface area contributed by atoms with Gasteiger partial charge in [0, 0.05) is 5.57 Å². The van der Waals surface area contributed by atoms with E-state index in [4.69, 9.17) is 9.47 Å². The van der Waals surface area contributed by atoms with Gasteiger partial charge in [-0.3, -0.25) is 0 Å². The molecule has 0 spiro atoms. The number of esters is 1. The molecule has 3 heteroatoms. The van der Waals surface area contributed by atoms with Crippen LogP contribution in [0.15, 0.2) is 24.7 Å². The molecule has 3 nitrogen and oxygen atoms in total. The van der Waals surface area contributed by atoms with Crippen molar-refractivity contribution in [2.24, 2.45) is 0 Å². The van der Waals surface area contributed by atoms with E-state index in [1.165, 1.54) is 0 Å². The maximum absolute atomic E-state index is 10.9. The van der Waals surface area contributed by atoms with Gasteiger partial charge in [-0.15, -0.1) is 0 Å². The van der Waals surface area contributed by atoms with Gasteiger partial charge < -0.3 is 9.47 Å². The number of rotatable bonds is 6. The first-order valence-corrected chi connectivity index (χ1v) is 4.27. The number of carbonyl (C=O) groups excluding carboxylic acids is 1. The normalized spacial score (nSPS) is 9.08. The second-order valence-corrected chi connectivity index (χ2v) is 2.74. The van der Waals surface area contributed by atoms with Crippen LogP contribution < -0.4 is 0 Å². The Morgan fingerprint density at radius 2 is 2.00 bits per heavy atom. The summed E-state index contributed by atoms with van der Waals surface area (Å²) in [6.07, 6.45) is 1.95. The lowest BCUT2D eigenvalue weighted by atomic mass is 10.4. The van der Waals surface area contributed by atoms with Crippen LogP contribution in [0.3, 0.4) is 0 Å². The zero-order valence-electron chi connectivity index (χ0n) is 8.26. The smallest absolute Gasteiger partial charge is 0.340 e. The monoisotopic (exact) mass is 184 g/mol. The van der Waals surface area contributed by atoms with E-state index in [9.17, 15) is 4.79 Å². The summed E-state index contributed by atoms with van der Waals surface area (Å²) in [5.74, 6) is -0.456. The Hall–Kier alpha value is -1.25. The number of hydrogen-bond donors (Lipinski definition) is 0. The van der Waals surface area contributed by atoms with Gasteiger partial charge in [0.05, 0.1) is 6.61 Å². The molecule has 0 rings (SSSR count). The van der Waals surface area contributed by atoms with Crippen LogP contribution in [0, 0.1) is 0 Å². The molecule has 0 aromatic rings. The summed E-state index contributed by atoms with van der Waals surface area (Å²) >= 11 is 0. The quantitative estimate of drug-likeness (QED) is 0.275. The van der Waals surface area contributed by atoms with Crippen molar-refractivity contribution in [2.75, 3.05) is 6.61 Å². The first-order valence-electron chi connectivity index (χ1n) is 4.27. The van der Waals surface area contributed by atoms with Crippen LogP contribution in [0.1, 0.15) is 26.7 Å². The molecule has 0 unspecified atom stereocenters. The first-order chi connectivity index (χ1) is 6.07. The summed E-state index contributed by atoms with van der Waals surface area (Å²) < 4.78 is 9.73. The van der Waals surface area contributed by atoms with Crippen molar-refractivity contribution >= 4 is 5.97 Å². The molecule has 0 saturated carbocycles. The zero-order valence-corrected chi connectivity index (χ0v) is 8.26. The van der Waals surface area contributed by atoms with Gasteiger partial charge in [-0.2, -0.15) is 0 Å². The maximum atomic E-state index is 10.9. The molecule has 0 heterocycles. The summed E-state index contributed by atoms with van der Waals surface area (Å²) in [5, 5.41) is 0.